The van der Waals surface area contributed by atoms with E-state index in [1.807, 2.05) is 12.1 Å². The molecule has 2 aromatic carbocycles. The molecule has 0 aliphatic carbocycles. The van der Waals surface area contributed by atoms with E-state index in [2.05, 4.69) is 68.5 Å². The summed E-state index contributed by atoms with van der Waals surface area (Å²) in [5.74, 6) is 0.901. The van der Waals surface area contributed by atoms with Crippen LogP contribution in [-0.4, -0.2) is 9.55 Å². The Labute approximate surface area is 140 Å². The van der Waals surface area contributed by atoms with E-state index >= 15 is 0 Å². The minimum Gasteiger partial charge on any atom is -0.397 e. The van der Waals surface area contributed by atoms with Gasteiger partial charge in [0.1, 0.15) is 5.82 Å². The van der Waals surface area contributed by atoms with E-state index in [4.69, 9.17) is 10.7 Å². The molecule has 0 atom stereocenters. The first kappa shape index (κ1) is 14.6. The molecule has 5 heteroatoms. The highest BCUT2D eigenvalue weighted by Gasteiger charge is 2.16. The van der Waals surface area contributed by atoms with Gasteiger partial charge in [0.2, 0.25) is 0 Å². The second-order valence-electron chi connectivity index (χ2n) is 5.02. The van der Waals surface area contributed by atoms with Gasteiger partial charge in [-0.1, -0.05) is 22.0 Å². The minimum atomic E-state index is 0.708. The molecular weight excluding hydrogens is 394 g/mol. The van der Waals surface area contributed by atoms with Crippen LogP contribution >= 0.6 is 31.9 Å². The molecule has 0 fully saturated rings. The van der Waals surface area contributed by atoms with E-state index in [1.165, 1.54) is 5.56 Å². The summed E-state index contributed by atoms with van der Waals surface area (Å²) in [6, 6.07) is 10.3. The Balaban J connectivity index is 2.35. The largest absolute Gasteiger partial charge is 0.397 e. The minimum absolute atomic E-state index is 0.708. The van der Waals surface area contributed by atoms with Gasteiger partial charge in [-0.25, -0.2) is 4.98 Å². The van der Waals surface area contributed by atoms with Gasteiger partial charge in [0.05, 0.1) is 16.7 Å². The van der Waals surface area contributed by atoms with Gasteiger partial charge in [-0.15, -0.1) is 0 Å². The van der Waals surface area contributed by atoms with Crippen LogP contribution in [0.1, 0.15) is 12.5 Å². The molecule has 0 bridgehead atoms. The molecule has 108 valence electrons. The van der Waals surface area contributed by atoms with E-state index < -0.39 is 0 Å². The van der Waals surface area contributed by atoms with Gasteiger partial charge in [-0.2, -0.15) is 0 Å². The van der Waals surface area contributed by atoms with Crippen molar-refractivity contribution in [3.63, 3.8) is 0 Å². The molecule has 0 aliphatic heterocycles. The predicted octanol–water partition coefficient (Wildman–Crippen LogP) is 5.14. The number of nitrogens with two attached hydrogens (primary N) is 1. The zero-order chi connectivity index (χ0) is 15.1. The molecule has 0 saturated carbocycles. The first-order valence-electron chi connectivity index (χ1n) is 6.73. The van der Waals surface area contributed by atoms with Gasteiger partial charge in [-0.3, -0.25) is 0 Å². The van der Waals surface area contributed by atoms with E-state index in [1.54, 1.807) is 0 Å². The van der Waals surface area contributed by atoms with E-state index in [-0.39, 0.29) is 0 Å². The quantitative estimate of drug-likeness (QED) is 0.596. The highest BCUT2D eigenvalue weighted by atomic mass is 79.9. The summed E-state index contributed by atoms with van der Waals surface area (Å²) in [4.78, 5) is 4.80. The predicted molar refractivity (Wildman–Crippen MR) is 95.4 cm³/mol. The van der Waals surface area contributed by atoms with Crippen LogP contribution in [0.2, 0.25) is 0 Å². The van der Waals surface area contributed by atoms with Gasteiger partial charge in [0.25, 0.3) is 0 Å². The van der Waals surface area contributed by atoms with Crippen molar-refractivity contribution in [2.45, 2.75) is 20.4 Å². The van der Waals surface area contributed by atoms with Crippen LogP contribution in [-0.2, 0) is 6.54 Å². The second-order valence-corrected chi connectivity index (χ2v) is 6.79. The summed E-state index contributed by atoms with van der Waals surface area (Å²) >= 11 is 7.03. The third-order valence-electron chi connectivity index (χ3n) is 3.56. The average Bonchev–Trinajstić information content (AvgIpc) is 2.79. The topological polar surface area (TPSA) is 43.8 Å². The summed E-state index contributed by atoms with van der Waals surface area (Å²) < 4.78 is 4.04. The van der Waals surface area contributed by atoms with Crippen LogP contribution in [0.4, 0.5) is 5.69 Å². The number of halogens is 2. The molecule has 3 rings (SSSR count). The Bertz CT molecular complexity index is 837. The maximum Gasteiger partial charge on any atom is 0.143 e. The Morgan fingerprint density at radius 1 is 1.19 bits per heavy atom. The molecule has 1 heterocycles. The fraction of sp³-hybridized carbons (Fsp3) is 0.188. The molecule has 3 nitrogen and oxygen atoms in total. The normalized spacial score (nSPS) is 11.2. The number of nitrogens with zero attached hydrogens (tertiary/aromatic N) is 2. The average molecular weight is 409 g/mol. The fourth-order valence-electron chi connectivity index (χ4n) is 2.54. The summed E-state index contributed by atoms with van der Waals surface area (Å²) in [6.07, 6.45) is 0. The smallest absolute Gasteiger partial charge is 0.143 e. The maximum atomic E-state index is 6.24. The number of anilines is 1. The second kappa shape index (κ2) is 5.46. The van der Waals surface area contributed by atoms with Crippen molar-refractivity contribution in [2.75, 3.05) is 5.73 Å². The first-order valence-corrected chi connectivity index (χ1v) is 8.31. The lowest BCUT2D eigenvalue weighted by molar-refractivity contribution is 0.796. The summed E-state index contributed by atoms with van der Waals surface area (Å²) in [5.41, 5.74) is 11.2. The van der Waals surface area contributed by atoms with E-state index in [0.717, 1.165) is 37.9 Å². The molecule has 2 N–H and O–H groups in total. The molecule has 0 unspecified atom stereocenters. The molecule has 0 spiro atoms. The molecule has 1 aromatic heterocycles. The van der Waals surface area contributed by atoms with E-state index in [9.17, 15) is 0 Å². The molecule has 0 aliphatic rings. The van der Waals surface area contributed by atoms with Crippen molar-refractivity contribution in [3.05, 3.63) is 44.8 Å². The number of imidazole rings is 1. The number of aryl methyl sites for hydroxylation is 2. The Morgan fingerprint density at radius 2 is 1.95 bits per heavy atom. The van der Waals surface area contributed by atoms with Gasteiger partial charge in [-0.05, 0) is 59.6 Å². The lowest BCUT2D eigenvalue weighted by Crippen LogP contribution is -2.00. The van der Waals surface area contributed by atoms with E-state index in [0.29, 0.717) is 5.69 Å². The van der Waals surface area contributed by atoms with Crippen LogP contribution in [0.25, 0.3) is 22.4 Å². The number of fused-ring (bicyclic) bond motifs is 1. The highest BCUT2D eigenvalue weighted by Crippen LogP contribution is 2.36. The number of hydrogen-bond acceptors (Lipinski definition) is 2. The zero-order valence-corrected chi connectivity index (χ0v) is 15.0. The molecule has 0 radical (unpaired) electrons. The number of nitrogen functional groups attached to an aromatic ring is 1. The van der Waals surface area contributed by atoms with Gasteiger partial charge in [0, 0.05) is 21.1 Å². The van der Waals surface area contributed by atoms with Crippen LogP contribution in [0.5, 0.6) is 0 Å². The number of hydrogen-bond donors (Lipinski definition) is 1. The van der Waals surface area contributed by atoms with Crippen molar-refractivity contribution in [3.8, 4) is 11.4 Å². The Kier molecular flexibility index (Phi) is 3.80. The standard InChI is InChI=1S/C16H15Br2N3/c1-3-21-14-5-4-9(2)6-13(14)20-16(21)11-7-10(17)8-12(18)15(11)19/h4-8H,3,19H2,1-2H3. The van der Waals surface area contributed by atoms with Crippen molar-refractivity contribution in [1.29, 1.82) is 0 Å². The van der Waals surface area contributed by atoms with Crippen molar-refractivity contribution < 1.29 is 0 Å². The summed E-state index contributed by atoms with van der Waals surface area (Å²) in [5, 5.41) is 0. The number of rotatable bonds is 2. The van der Waals surface area contributed by atoms with Gasteiger partial charge < -0.3 is 10.3 Å². The van der Waals surface area contributed by atoms with Crippen molar-refractivity contribution >= 4 is 48.6 Å². The SMILES string of the molecule is CCn1c(-c2cc(Br)cc(Br)c2N)nc2cc(C)ccc21. The zero-order valence-electron chi connectivity index (χ0n) is 11.8. The molecule has 3 aromatic rings. The fourth-order valence-corrected chi connectivity index (χ4v) is 3.76. The monoisotopic (exact) mass is 407 g/mol. The van der Waals surface area contributed by atoms with Crippen LogP contribution in [0.15, 0.2) is 39.3 Å². The Hall–Kier alpha value is -1.33. The third kappa shape index (κ3) is 2.49. The summed E-state index contributed by atoms with van der Waals surface area (Å²) in [6.45, 7) is 5.04. The molecule has 21 heavy (non-hydrogen) atoms. The lowest BCUT2D eigenvalue weighted by Gasteiger charge is -2.10. The van der Waals surface area contributed by atoms with Gasteiger partial charge >= 0.3 is 0 Å². The third-order valence-corrected chi connectivity index (χ3v) is 4.67. The summed E-state index contributed by atoms with van der Waals surface area (Å²) in [7, 11) is 0. The molecule has 0 amide bonds. The first-order chi connectivity index (χ1) is 10.0. The van der Waals surface area contributed by atoms with Crippen LogP contribution < -0.4 is 5.73 Å². The number of benzene rings is 2. The van der Waals surface area contributed by atoms with Crippen LogP contribution in [0, 0.1) is 6.92 Å². The Morgan fingerprint density at radius 3 is 2.67 bits per heavy atom. The van der Waals surface area contributed by atoms with Crippen molar-refractivity contribution in [2.24, 2.45) is 0 Å². The van der Waals surface area contributed by atoms with Gasteiger partial charge in [0.15, 0.2) is 0 Å². The molecule has 0 saturated heterocycles. The maximum absolute atomic E-state index is 6.24. The molecular formula is C16H15Br2N3. The lowest BCUT2D eigenvalue weighted by atomic mass is 10.1. The highest BCUT2D eigenvalue weighted by molar-refractivity contribution is 9.11. The van der Waals surface area contributed by atoms with Crippen LogP contribution in [0.3, 0.4) is 0 Å². The number of aromatic nitrogens is 2. The van der Waals surface area contributed by atoms with Crippen molar-refractivity contribution in [1.82, 2.24) is 9.55 Å².